The quantitative estimate of drug-likeness (QED) is 0.550. The summed E-state index contributed by atoms with van der Waals surface area (Å²) in [5, 5.41) is 1.12. The summed E-state index contributed by atoms with van der Waals surface area (Å²) in [6.07, 6.45) is 0. The van der Waals surface area contributed by atoms with E-state index in [4.69, 9.17) is 11.5 Å². The van der Waals surface area contributed by atoms with E-state index in [-0.39, 0.29) is 0 Å². The molecule has 1 aromatic heterocycles. The van der Waals surface area contributed by atoms with Gasteiger partial charge in [0, 0.05) is 17.6 Å². The van der Waals surface area contributed by atoms with E-state index in [1.807, 2.05) is 24.3 Å². The number of benzene rings is 1. The van der Waals surface area contributed by atoms with E-state index in [0.717, 1.165) is 22.3 Å². The van der Waals surface area contributed by atoms with Gasteiger partial charge in [-0.15, -0.1) is 0 Å². The number of anilines is 1. The Bertz CT molecular complexity index is 403. The molecule has 62 valence electrons. The van der Waals surface area contributed by atoms with E-state index >= 15 is 0 Å². The van der Waals surface area contributed by atoms with Crippen molar-refractivity contribution in [3.05, 3.63) is 30.0 Å². The molecule has 0 aliphatic carbocycles. The molecule has 0 bridgehead atoms. The molecule has 2 aromatic rings. The van der Waals surface area contributed by atoms with Crippen LogP contribution in [0.5, 0.6) is 0 Å². The second-order valence-corrected chi connectivity index (χ2v) is 2.81. The van der Waals surface area contributed by atoms with Crippen LogP contribution in [0.15, 0.2) is 24.3 Å². The highest BCUT2D eigenvalue weighted by molar-refractivity contribution is 5.90. The minimum absolute atomic E-state index is 0.522. The maximum Gasteiger partial charge on any atom is 0.0690 e. The van der Waals surface area contributed by atoms with Gasteiger partial charge in [-0.25, -0.2) is 0 Å². The molecule has 0 saturated heterocycles. The van der Waals surface area contributed by atoms with Crippen molar-refractivity contribution in [2.45, 2.75) is 6.54 Å². The number of nitrogens with two attached hydrogens (primary N) is 2. The maximum absolute atomic E-state index is 5.75. The SMILES string of the molecule is NCc1cc2cccc(N)c2[nH]1. The number of H-pyrrole nitrogens is 1. The molecule has 1 aromatic carbocycles. The minimum atomic E-state index is 0.522. The Hall–Kier alpha value is -1.48. The summed E-state index contributed by atoms with van der Waals surface area (Å²) in [5.74, 6) is 0. The summed E-state index contributed by atoms with van der Waals surface area (Å²) in [6, 6.07) is 7.85. The summed E-state index contributed by atoms with van der Waals surface area (Å²) in [5.41, 5.74) is 14.0. The highest BCUT2D eigenvalue weighted by Gasteiger charge is 2.00. The number of aromatic amines is 1. The van der Waals surface area contributed by atoms with Crippen molar-refractivity contribution in [3.63, 3.8) is 0 Å². The highest BCUT2D eigenvalue weighted by Crippen LogP contribution is 2.20. The lowest BCUT2D eigenvalue weighted by Gasteiger charge is -1.93. The number of nitrogen functional groups attached to an aromatic ring is 1. The minimum Gasteiger partial charge on any atom is -0.397 e. The van der Waals surface area contributed by atoms with Gasteiger partial charge in [0.1, 0.15) is 0 Å². The van der Waals surface area contributed by atoms with Gasteiger partial charge in [0.25, 0.3) is 0 Å². The molecule has 1 heterocycles. The molecule has 0 atom stereocenters. The average molecular weight is 161 g/mol. The van der Waals surface area contributed by atoms with E-state index in [9.17, 15) is 0 Å². The molecule has 2 rings (SSSR count). The predicted molar refractivity (Wildman–Crippen MR) is 50.6 cm³/mol. The molecule has 3 heteroatoms. The summed E-state index contributed by atoms with van der Waals surface area (Å²) in [6.45, 7) is 0.522. The zero-order valence-corrected chi connectivity index (χ0v) is 6.67. The first-order valence-corrected chi connectivity index (χ1v) is 3.87. The molecule has 3 nitrogen and oxygen atoms in total. The van der Waals surface area contributed by atoms with Crippen LogP contribution in [0, 0.1) is 0 Å². The van der Waals surface area contributed by atoms with E-state index in [1.165, 1.54) is 0 Å². The van der Waals surface area contributed by atoms with Crippen LogP contribution in [0.25, 0.3) is 10.9 Å². The molecule has 5 N–H and O–H groups in total. The van der Waals surface area contributed by atoms with Gasteiger partial charge in [0.15, 0.2) is 0 Å². The molecule has 0 saturated carbocycles. The smallest absolute Gasteiger partial charge is 0.0690 e. The number of hydrogen-bond acceptors (Lipinski definition) is 2. The van der Waals surface area contributed by atoms with Crippen molar-refractivity contribution in [1.29, 1.82) is 0 Å². The van der Waals surface area contributed by atoms with E-state index in [2.05, 4.69) is 4.98 Å². The molecular formula is C9H11N3. The first-order chi connectivity index (χ1) is 5.81. The summed E-state index contributed by atoms with van der Waals surface area (Å²) in [7, 11) is 0. The molecule has 0 radical (unpaired) electrons. The Morgan fingerprint density at radius 2 is 2.17 bits per heavy atom. The van der Waals surface area contributed by atoms with E-state index in [0.29, 0.717) is 6.54 Å². The summed E-state index contributed by atoms with van der Waals surface area (Å²) < 4.78 is 0. The van der Waals surface area contributed by atoms with Crippen molar-refractivity contribution in [2.75, 3.05) is 5.73 Å². The number of aromatic nitrogens is 1. The van der Waals surface area contributed by atoms with Gasteiger partial charge in [0.2, 0.25) is 0 Å². The molecule has 0 unspecified atom stereocenters. The van der Waals surface area contributed by atoms with Gasteiger partial charge in [-0.3, -0.25) is 0 Å². The predicted octanol–water partition coefficient (Wildman–Crippen LogP) is 1.21. The van der Waals surface area contributed by atoms with E-state index < -0.39 is 0 Å². The van der Waals surface area contributed by atoms with Gasteiger partial charge >= 0.3 is 0 Å². The van der Waals surface area contributed by atoms with Crippen LogP contribution in [0.2, 0.25) is 0 Å². The highest BCUT2D eigenvalue weighted by atomic mass is 14.8. The zero-order chi connectivity index (χ0) is 8.55. The van der Waals surface area contributed by atoms with Crippen LogP contribution in [-0.4, -0.2) is 4.98 Å². The van der Waals surface area contributed by atoms with Crippen molar-refractivity contribution in [1.82, 2.24) is 4.98 Å². The third-order valence-electron chi connectivity index (χ3n) is 1.96. The standard InChI is InChI=1S/C9H11N3/c10-5-7-4-6-2-1-3-8(11)9(6)12-7/h1-4,12H,5,10-11H2. The number of fused-ring (bicyclic) bond motifs is 1. The third-order valence-corrected chi connectivity index (χ3v) is 1.96. The van der Waals surface area contributed by atoms with Gasteiger partial charge in [0.05, 0.1) is 11.2 Å². The Labute approximate surface area is 70.4 Å². The Balaban J connectivity index is 2.74. The van der Waals surface area contributed by atoms with Gasteiger partial charge in [-0.1, -0.05) is 12.1 Å². The largest absolute Gasteiger partial charge is 0.397 e. The molecule has 0 spiro atoms. The van der Waals surface area contributed by atoms with Gasteiger partial charge in [-0.2, -0.15) is 0 Å². The topological polar surface area (TPSA) is 67.8 Å². The molecule has 0 aliphatic heterocycles. The Morgan fingerprint density at radius 3 is 2.83 bits per heavy atom. The summed E-state index contributed by atoms with van der Waals surface area (Å²) in [4.78, 5) is 3.16. The second-order valence-electron chi connectivity index (χ2n) is 2.81. The van der Waals surface area contributed by atoms with Gasteiger partial charge < -0.3 is 16.5 Å². The zero-order valence-electron chi connectivity index (χ0n) is 6.67. The monoisotopic (exact) mass is 161 g/mol. The van der Waals surface area contributed by atoms with Crippen LogP contribution in [-0.2, 0) is 6.54 Å². The number of rotatable bonds is 1. The molecule has 12 heavy (non-hydrogen) atoms. The molecule has 0 amide bonds. The first-order valence-electron chi connectivity index (χ1n) is 3.87. The van der Waals surface area contributed by atoms with Crippen molar-refractivity contribution in [2.24, 2.45) is 5.73 Å². The van der Waals surface area contributed by atoms with Crippen molar-refractivity contribution >= 4 is 16.6 Å². The van der Waals surface area contributed by atoms with E-state index in [1.54, 1.807) is 0 Å². The normalized spacial score (nSPS) is 10.8. The van der Waals surface area contributed by atoms with Crippen molar-refractivity contribution < 1.29 is 0 Å². The Morgan fingerprint density at radius 1 is 1.33 bits per heavy atom. The lowest BCUT2D eigenvalue weighted by molar-refractivity contribution is 1.02. The van der Waals surface area contributed by atoms with Crippen molar-refractivity contribution in [3.8, 4) is 0 Å². The van der Waals surface area contributed by atoms with Crippen LogP contribution >= 0.6 is 0 Å². The lowest BCUT2D eigenvalue weighted by atomic mass is 10.2. The molecule has 0 fully saturated rings. The molecule has 0 aliphatic rings. The average Bonchev–Trinajstić information content (AvgIpc) is 2.49. The van der Waals surface area contributed by atoms with Crippen LogP contribution < -0.4 is 11.5 Å². The van der Waals surface area contributed by atoms with Gasteiger partial charge in [-0.05, 0) is 12.1 Å². The number of hydrogen-bond donors (Lipinski definition) is 3. The fourth-order valence-electron chi connectivity index (χ4n) is 1.35. The molecular weight excluding hydrogens is 150 g/mol. The van der Waals surface area contributed by atoms with Crippen LogP contribution in [0.4, 0.5) is 5.69 Å². The third kappa shape index (κ3) is 0.950. The Kier molecular flexibility index (Phi) is 1.52. The maximum atomic E-state index is 5.75. The number of para-hydroxylation sites is 1. The summed E-state index contributed by atoms with van der Waals surface area (Å²) >= 11 is 0. The number of nitrogens with one attached hydrogen (secondary N) is 1. The first kappa shape index (κ1) is 7.18. The second kappa shape index (κ2) is 2.53. The fraction of sp³-hybridized carbons (Fsp3) is 0.111. The fourth-order valence-corrected chi connectivity index (χ4v) is 1.35. The van der Waals surface area contributed by atoms with Crippen LogP contribution in [0.3, 0.4) is 0 Å². The van der Waals surface area contributed by atoms with Crippen LogP contribution in [0.1, 0.15) is 5.69 Å². The lowest BCUT2D eigenvalue weighted by Crippen LogP contribution is -1.95.